The number of rotatable bonds is 5. The summed E-state index contributed by atoms with van der Waals surface area (Å²) in [6.45, 7) is 6.46. The Hall–Kier alpha value is -1.16. The summed E-state index contributed by atoms with van der Waals surface area (Å²) in [5.41, 5.74) is 0.814. The van der Waals surface area contributed by atoms with Crippen LogP contribution in [0, 0.1) is 5.92 Å². The molecule has 0 fully saturated rings. The van der Waals surface area contributed by atoms with Crippen LogP contribution >= 0.6 is 0 Å². The molecule has 1 unspecified atom stereocenters. The molecule has 0 bridgehead atoms. The van der Waals surface area contributed by atoms with Gasteiger partial charge >= 0.3 is 0 Å². The Morgan fingerprint density at radius 1 is 1.40 bits per heavy atom. The zero-order valence-electron chi connectivity index (χ0n) is 9.47. The highest BCUT2D eigenvalue weighted by Gasteiger charge is 2.11. The molecule has 4 nitrogen and oxygen atoms in total. The summed E-state index contributed by atoms with van der Waals surface area (Å²) >= 11 is 0. The van der Waals surface area contributed by atoms with Gasteiger partial charge < -0.3 is 9.84 Å². The van der Waals surface area contributed by atoms with E-state index in [-0.39, 0.29) is 12.0 Å². The molecule has 0 saturated carbocycles. The number of aliphatic hydroxyl groups is 1. The summed E-state index contributed by atoms with van der Waals surface area (Å²) in [5, 5.41) is 9.70. The Balaban J connectivity index is 2.64. The molecule has 1 heterocycles. The molecule has 1 aromatic heterocycles. The molecule has 84 valence electrons. The summed E-state index contributed by atoms with van der Waals surface area (Å²) < 4.78 is 5.26. The third-order valence-electron chi connectivity index (χ3n) is 2.18. The standard InChI is InChI=1S/C11H18N2O2/c1-4-15-11-6-9(12-7-13-11)5-10(14)8(2)3/h6-8,10,14H,4-5H2,1-3H3. The summed E-state index contributed by atoms with van der Waals surface area (Å²) in [4.78, 5) is 8.06. The van der Waals surface area contributed by atoms with Crippen molar-refractivity contribution in [3.63, 3.8) is 0 Å². The van der Waals surface area contributed by atoms with Crippen LogP contribution in [0.5, 0.6) is 5.88 Å². The van der Waals surface area contributed by atoms with Crippen LogP contribution in [-0.2, 0) is 6.42 Å². The van der Waals surface area contributed by atoms with E-state index >= 15 is 0 Å². The lowest BCUT2D eigenvalue weighted by Crippen LogP contribution is -2.18. The van der Waals surface area contributed by atoms with Gasteiger partial charge in [-0.2, -0.15) is 0 Å². The summed E-state index contributed by atoms with van der Waals surface area (Å²) in [6, 6.07) is 1.77. The van der Waals surface area contributed by atoms with Crippen LogP contribution in [0.3, 0.4) is 0 Å². The molecule has 1 aromatic rings. The fourth-order valence-electron chi connectivity index (χ4n) is 1.17. The normalized spacial score (nSPS) is 12.9. The lowest BCUT2D eigenvalue weighted by Gasteiger charge is -2.13. The average Bonchev–Trinajstić information content (AvgIpc) is 2.18. The van der Waals surface area contributed by atoms with Crippen molar-refractivity contribution in [2.75, 3.05) is 6.61 Å². The maximum atomic E-state index is 9.70. The van der Waals surface area contributed by atoms with Gasteiger partial charge in [-0.1, -0.05) is 13.8 Å². The molecule has 0 aliphatic rings. The molecule has 0 aliphatic heterocycles. The van der Waals surface area contributed by atoms with Crippen LogP contribution in [-0.4, -0.2) is 27.8 Å². The van der Waals surface area contributed by atoms with E-state index in [2.05, 4.69) is 9.97 Å². The van der Waals surface area contributed by atoms with E-state index in [0.717, 1.165) is 5.69 Å². The minimum atomic E-state index is -0.366. The molecule has 1 atom stereocenters. The summed E-state index contributed by atoms with van der Waals surface area (Å²) in [5.74, 6) is 0.800. The first kappa shape index (κ1) is 11.9. The second-order valence-electron chi connectivity index (χ2n) is 3.80. The second kappa shape index (κ2) is 5.66. The van der Waals surface area contributed by atoms with Crippen molar-refractivity contribution in [1.82, 2.24) is 9.97 Å². The van der Waals surface area contributed by atoms with E-state index in [1.165, 1.54) is 6.33 Å². The van der Waals surface area contributed by atoms with Gasteiger partial charge in [-0.15, -0.1) is 0 Å². The number of hydrogen-bond donors (Lipinski definition) is 1. The number of hydrogen-bond acceptors (Lipinski definition) is 4. The lowest BCUT2D eigenvalue weighted by molar-refractivity contribution is 0.124. The highest BCUT2D eigenvalue weighted by Crippen LogP contribution is 2.11. The molecule has 1 N–H and O–H groups in total. The number of aliphatic hydroxyl groups excluding tert-OH is 1. The van der Waals surface area contributed by atoms with E-state index < -0.39 is 0 Å². The number of aromatic nitrogens is 2. The Kier molecular flexibility index (Phi) is 4.49. The molecule has 0 amide bonds. The third kappa shape index (κ3) is 3.83. The Morgan fingerprint density at radius 2 is 2.13 bits per heavy atom. The van der Waals surface area contributed by atoms with Gasteiger partial charge in [0.25, 0.3) is 0 Å². The average molecular weight is 210 g/mol. The molecule has 0 aliphatic carbocycles. The predicted octanol–water partition coefficient (Wildman–Crippen LogP) is 1.43. The predicted molar refractivity (Wildman–Crippen MR) is 57.7 cm³/mol. The minimum absolute atomic E-state index is 0.232. The monoisotopic (exact) mass is 210 g/mol. The van der Waals surface area contributed by atoms with Crippen molar-refractivity contribution in [2.45, 2.75) is 33.3 Å². The Morgan fingerprint density at radius 3 is 2.73 bits per heavy atom. The van der Waals surface area contributed by atoms with Crippen molar-refractivity contribution in [3.8, 4) is 5.88 Å². The van der Waals surface area contributed by atoms with Gasteiger partial charge in [0, 0.05) is 12.5 Å². The number of nitrogens with zero attached hydrogens (tertiary/aromatic N) is 2. The van der Waals surface area contributed by atoms with Crippen molar-refractivity contribution in [2.24, 2.45) is 5.92 Å². The zero-order valence-corrected chi connectivity index (χ0v) is 9.47. The molecular weight excluding hydrogens is 192 g/mol. The topological polar surface area (TPSA) is 55.2 Å². The SMILES string of the molecule is CCOc1cc(CC(O)C(C)C)ncn1. The smallest absolute Gasteiger partial charge is 0.216 e. The van der Waals surface area contributed by atoms with Gasteiger partial charge in [-0.3, -0.25) is 0 Å². The molecule has 15 heavy (non-hydrogen) atoms. The van der Waals surface area contributed by atoms with Gasteiger partial charge in [-0.05, 0) is 12.8 Å². The summed E-state index contributed by atoms with van der Waals surface area (Å²) in [7, 11) is 0. The van der Waals surface area contributed by atoms with Crippen molar-refractivity contribution >= 4 is 0 Å². The van der Waals surface area contributed by atoms with Gasteiger partial charge in [0.15, 0.2) is 0 Å². The van der Waals surface area contributed by atoms with E-state index in [9.17, 15) is 5.11 Å². The Labute approximate surface area is 90.3 Å². The molecule has 0 spiro atoms. The Bertz CT molecular complexity index is 302. The first-order chi connectivity index (χ1) is 7.13. The number of ether oxygens (including phenoxy) is 1. The van der Waals surface area contributed by atoms with Gasteiger partial charge in [0.1, 0.15) is 6.33 Å². The van der Waals surface area contributed by atoms with Crippen LogP contribution in [0.25, 0.3) is 0 Å². The van der Waals surface area contributed by atoms with E-state index in [4.69, 9.17) is 4.74 Å². The van der Waals surface area contributed by atoms with Crippen molar-refractivity contribution < 1.29 is 9.84 Å². The van der Waals surface area contributed by atoms with E-state index in [0.29, 0.717) is 18.9 Å². The van der Waals surface area contributed by atoms with Crippen LogP contribution in [0.2, 0.25) is 0 Å². The fourth-order valence-corrected chi connectivity index (χ4v) is 1.17. The zero-order chi connectivity index (χ0) is 11.3. The molecule has 0 aromatic carbocycles. The van der Waals surface area contributed by atoms with Gasteiger partial charge in [0.2, 0.25) is 5.88 Å². The van der Waals surface area contributed by atoms with Crippen molar-refractivity contribution in [1.29, 1.82) is 0 Å². The fraction of sp³-hybridized carbons (Fsp3) is 0.636. The van der Waals surface area contributed by atoms with E-state index in [1.807, 2.05) is 20.8 Å². The second-order valence-corrected chi connectivity index (χ2v) is 3.80. The first-order valence-corrected chi connectivity index (χ1v) is 5.25. The summed E-state index contributed by atoms with van der Waals surface area (Å²) in [6.07, 6.45) is 1.64. The quantitative estimate of drug-likeness (QED) is 0.799. The maximum Gasteiger partial charge on any atom is 0.216 e. The van der Waals surface area contributed by atoms with Crippen LogP contribution in [0.4, 0.5) is 0 Å². The van der Waals surface area contributed by atoms with Crippen LogP contribution in [0.15, 0.2) is 12.4 Å². The van der Waals surface area contributed by atoms with Gasteiger partial charge in [0.05, 0.1) is 18.4 Å². The molecular formula is C11H18N2O2. The van der Waals surface area contributed by atoms with Crippen molar-refractivity contribution in [3.05, 3.63) is 18.1 Å². The first-order valence-electron chi connectivity index (χ1n) is 5.25. The molecule has 4 heteroatoms. The van der Waals surface area contributed by atoms with Crippen LogP contribution in [0.1, 0.15) is 26.5 Å². The molecule has 0 saturated heterocycles. The molecule has 0 radical (unpaired) electrons. The van der Waals surface area contributed by atoms with Gasteiger partial charge in [-0.25, -0.2) is 9.97 Å². The minimum Gasteiger partial charge on any atom is -0.478 e. The lowest BCUT2D eigenvalue weighted by atomic mass is 10.0. The van der Waals surface area contributed by atoms with E-state index in [1.54, 1.807) is 6.07 Å². The van der Waals surface area contributed by atoms with Crippen LogP contribution < -0.4 is 4.74 Å². The third-order valence-corrected chi connectivity index (χ3v) is 2.18. The highest BCUT2D eigenvalue weighted by molar-refractivity contribution is 5.14. The highest BCUT2D eigenvalue weighted by atomic mass is 16.5. The molecule has 1 rings (SSSR count). The largest absolute Gasteiger partial charge is 0.478 e. The maximum absolute atomic E-state index is 9.70.